The standard InChI is InChI=1S/C16H25N3/c17-14(8-12-4-2-1-3-5-12)7-6-13-9-15(13)16-10-18-11-19-16/h6-7,10-15H,1-5,8-9,17H2,(H,18,19)/b7-6+. The summed E-state index contributed by atoms with van der Waals surface area (Å²) >= 11 is 0. The van der Waals surface area contributed by atoms with E-state index in [9.17, 15) is 0 Å². The van der Waals surface area contributed by atoms with Crippen LogP contribution in [0.1, 0.15) is 56.6 Å². The number of rotatable bonds is 5. The molecule has 2 saturated carbocycles. The van der Waals surface area contributed by atoms with E-state index in [2.05, 4.69) is 22.1 Å². The molecule has 3 rings (SSSR count). The van der Waals surface area contributed by atoms with E-state index in [0.717, 1.165) is 5.92 Å². The van der Waals surface area contributed by atoms with Gasteiger partial charge >= 0.3 is 0 Å². The Morgan fingerprint density at radius 3 is 2.95 bits per heavy atom. The van der Waals surface area contributed by atoms with E-state index in [1.54, 1.807) is 6.33 Å². The van der Waals surface area contributed by atoms with Gasteiger partial charge in [0.1, 0.15) is 0 Å². The fourth-order valence-electron chi connectivity index (χ4n) is 3.43. The molecule has 2 aliphatic rings. The zero-order chi connectivity index (χ0) is 13.1. The van der Waals surface area contributed by atoms with Crippen LogP contribution >= 0.6 is 0 Å². The van der Waals surface area contributed by atoms with Gasteiger partial charge in [-0.3, -0.25) is 0 Å². The first-order valence-electron chi connectivity index (χ1n) is 7.75. The van der Waals surface area contributed by atoms with E-state index in [1.807, 2.05) is 6.20 Å². The Hall–Kier alpha value is -1.09. The summed E-state index contributed by atoms with van der Waals surface area (Å²) in [4.78, 5) is 7.29. The number of H-pyrrole nitrogens is 1. The van der Waals surface area contributed by atoms with Crippen molar-refractivity contribution in [1.82, 2.24) is 9.97 Å². The number of nitrogens with two attached hydrogens (primary N) is 1. The fraction of sp³-hybridized carbons (Fsp3) is 0.688. The van der Waals surface area contributed by atoms with Gasteiger partial charge in [0, 0.05) is 23.9 Å². The van der Waals surface area contributed by atoms with Crippen molar-refractivity contribution in [1.29, 1.82) is 0 Å². The van der Waals surface area contributed by atoms with Crippen LogP contribution in [0.2, 0.25) is 0 Å². The maximum Gasteiger partial charge on any atom is 0.0921 e. The highest BCUT2D eigenvalue weighted by molar-refractivity contribution is 5.20. The molecule has 3 atom stereocenters. The number of allylic oxidation sites excluding steroid dienone is 1. The Morgan fingerprint density at radius 2 is 2.21 bits per heavy atom. The Morgan fingerprint density at radius 1 is 1.37 bits per heavy atom. The Bertz CT molecular complexity index is 404. The summed E-state index contributed by atoms with van der Waals surface area (Å²) in [5, 5.41) is 0. The number of hydrogen-bond donors (Lipinski definition) is 2. The number of aromatic nitrogens is 2. The second-order valence-corrected chi connectivity index (χ2v) is 6.30. The maximum absolute atomic E-state index is 6.24. The normalized spacial score (nSPS) is 29.7. The molecular formula is C16H25N3. The molecule has 3 nitrogen and oxygen atoms in total. The molecule has 0 saturated heterocycles. The monoisotopic (exact) mass is 259 g/mol. The average molecular weight is 259 g/mol. The van der Waals surface area contributed by atoms with Crippen LogP contribution in [0.3, 0.4) is 0 Å². The smallest absolute Gasteiger partial charge is 0.0921 e. The van der Waals surface area contributed by atoms with Gasteiger partial charge in [0.2, 0.25) is 0 Å². The van der Waals surface area contributed by atoms with E-state index in [1.165, 1.54) is 50.6 Å². The van der Waals surface area contributed by atoms with Gasteiger partial charge in [-0.25, -0.2) is 4.98 Å². The lowest BCUT2D eigenvalue weighted by Crippen LogP contribution is -2.22. The minimum atomic E-state index is 0.256. The molecule has 0 aliphatic heterocycles. The highest BCUT2D eigenvalue weighted by atomic mass is 14.9. The minimum absolute atomic E-state index is 0.256. The molecule has 1 heterocycles. The first kappa shape index (κ1) is 12.9. The molecule has 3 N–H and O–H groups in total. The molecule has 0 aromatic carbocycles. The summed E-state index contributed by atoms with van der Waals surface area (Å²) in [6.45, 7) is 0. The molecule has 3 heteroatoms. The van der Waals surface area contributed by atoms with Crippen LogP contribution < -0.4 is 5.73 Å². The van der Waals surface area contributed by atoms with Crippen molar-refractivity contribution in [3.8, 4) is 0 Å². The van der Waals surface area contributed by atoms with E-state index < -0.39 is 0 Å². The summed E-state index contributed by atoms with van der Waals surface area (Å²) < 4.78 is 0. The lowest BCUT2D eigenvalue weighted by Gasteiger charge is -2.23. The molecule has 1 aromatic rings. The molecule has 2 aliphatic carbocycles. The molecule has 0 spiro atoms. The van der Waals surface area contributed by atoms with Gasteiger partial charge in [0.15, 0.2) is 0 Å². The number of imidazole rings is 1. The molecule has 1 aromatic heterocycles. The van der Waals surface area contributed by atoms with Crippen LogP contribution in [-0.4, -0.2) is 16.0 Å². The number of nitrogens with zero attached hydrogens (tertiary/aromatic N) is 1. The molecule has 0 radical (unpaired) electrons. The highest BCUT2D eigenvalue weighted by Crippen LogP contribution is 2.47. The second kappa shape index (κ2) is 5.91. The summed E-state index contributed by atoms with van der Waals surface area (Å²) in [5.41, 5.74) is 7.51. The lowest BCUT2D eigenvalue weighted by atomic mass is 9.85. The first-order chi connectivity index (χ1) is 9.33. The molecule has 19 heavy (non-hydrogen) atoms. The van der Waals surface area contributed by atoms with Crippen molar-refractivity contribution in [2.75, 3.05) is 0 Å². The van der Waals surface area contributed by atoms with Crippen molar-refractivity contribution in [3.05, 3.63) is 30.4 Å². The highest BCUT2D eigenvalue weighted by Gasteiger charge is 2.37. The molecular weight excluding hydrogens is 234 g/mol. The Labute approximate surface area is 115 Å². The van der Waals surface area contributed by atoms with Crippen LogP contribution in [0.4, 0.5) is 0 Å². The van der Waals surface area contributed by atoms with E-state index >= 15 is 0 Å². The molecule has 104 valence electrons. The van der Waals surface area contributed by atoms with Gasteiger partial charge in [-0.15, -0.1) is 0 Å². The minimum Gasteiger partial charge on any atom is -0.348 e. The SMILES string of the molecule is NC(/C=C/C1CC1c1cnc[nH]1)CC1CCCCC1. The van der Waals surface area contributed by atoms with E-state index in [-0.39, 0.29) is 6.04 Å². The van der Waals surface area contributed by atoms with Crippen molar-refractivity contribution in [2.45, 2.75) is 56.9 Å². The average Bonchev–Trinajstić information content (AvgIpc) is 3.00. The van der Waals surface area contributed by atoms with E-state index in [4.69, 9.17) is 5.73 Å². The quantitative estimate of drug-likeness (QED) is 0.797. The zero-order valence-electron chi connectivity index (χ0n) is 11.6. The van der Waals surface area contributed by atoms with Crippen molar-refractivity contribution < 1.29 is 0 Å². The van der Waals surface area contributed by atoms with Gasteiger partial charge in [0.25, 0.3) is 0 Å². The summed E-state index contributed by atoms with van der Waals surface area (Å²) in [6.07, 6.45) is 17.7. The van der Waals surface area contributed by atoms with Crippen LogP contribution in [-0.2, 0) is 0 Å². The number of nitrogens with one attached hydrogen (secondary N) is 1. The van der Waals surface area contributed by atoms with Gasteiger partial charge in [-0.1, -0.05) is 44.3 Å². The number of aromatic amines is 1. The molecule has 0 amide bonds. The molecule has 0 bridgehead atoms. The Balaban J connectivity index is 1.42. The topological polar surface area (TPSA) is 54.7 Å². The predicted molar refractivity (Wildman–Crippen MR) is 77.7 cm³/mol. The van der Waals surface area contributed by atoms with Gasteiger partial charge in [-0.05, 0) is 24.7 Å². The number of hydrogen-bond acceptors (Lipinski definition) is 2. The maximum atomic E-state index is 6.24. The van der Waals surface area contributed by atoms with E-state index in [0.29, 0.717) is 11.8 Å². The third-order valence-electron chi connectivity index (χ3n) is 4.69. The predicted octanol–water partition coefficient (Wildman–Crippen LogP) is 3.37. The summed E-state index contributed by atoms with van der Waals surface area (Å²) in [5.74, 6) is 2.20. The largest absolute Gasteiger partial charge is 0.348 e. The fourth-order valence-corrected chi connectivity index (χ4v) is 3.43. The third kappa shape index (κ3) is 3.47. The van der Waals surface area contributed by atoms with Crippen molar-refractivity contribution in [3.63, 3.8) is 0 Å². The van der Waals surface area contributed by atoms with Crippen LogP contribution in [0.15, 0.2) is 24.7 Å². The van der Waals surface area contributed by atoms with Crippen molar-refractivity contribution in [2.24, 2.45) is 17.6 Å². The Kier molecular flexibility index (Phi) is 4.02. The summed E-state index contributed by atoms with van der Waals surface area (Å²) in [6, 6.07) is 0.256. The first-order valence-corrected chi connectivity index (χ1v) is 7.75. The van der Waals surface area contributed by atoms with Crippen LogP contribution in [0, 0.1) is 11.8 Å². The lowest BCUT2D eigenvalue weighted by molar-refractivity contribution is 0.329. The van der Waals surface area contributed by atoms with Crippen LogP contribution in [0.5, 0.6) is 0 Å². The van der Waals surface area contributed by atoms with Crippen molar-refractivity contribution >= 4 is 0 Å². The second-order valence-electron chi connectivity index (χ2n) is 6.30. The van der Waals surface area contributed by atoms with Gasteiger partial charge < -0.3 is 10.7 Å². The van der Waals surface area contributed by atoms with Gasteiger partial charge in [0.05, 0.1) is 6.33 Å². The summed E-state index contributed by atoms with van der Waals surface area (Å²) in [7, 11) is 0. The molecule has 3 unspecified atom stereocenters. The molecule has 2 fully saturated rings. The van der Waals surface area contributed by atoms with Crippen LogP contribution in [0.25, 0.3) is 0 Å². The third-order valence-corrected chi connectivity index (χ3v) is 4.69. The van der Waals surface area contributed by atoms with Gasteiger partial charge in [-0.2, -0.15) is 0 Å². The zero-order valence-corrected chi connectivity index (χ0v) is 11.6.